The quantitative estimate of drug-likeness (QED) is 0.525. The molecule has 0 heterocycles. The van der Waals surface area contributed by atoms with Crippen molar-refractivity contribution in [2.45, 2.75) is 0 Å². The minimum absolute atomic E-state index is 0.285. The summed E-state index contributed by atoms with van der Waals surface area (Å²) in [6.45, 7) is 0. The molecule has 0 unspecified atom stereocenters. The highest BCUT2D eigenvalue weighted by molar-refractivity contribution is 7.83. The maximum Gasteiger partial charge on any atom is 0.357 e. The Kier molecular flexibility index (Phi) is 5.24. The first-order valence-electron chi connectivity index (χ1n) is 3.35. The van der Waals surface area contributed by atoms with Gasteiger partial charge in [-0.1, -0.05) is 40.9 Å². The van der Waals surface area contributed by atoms with Gasteiger partial charge in [0, 0.05) is 7.05 Å². The van der Waals surface area contributed by atoms with Crippen LogP contribution in [-0.2, 0) is 10.3 Å². The molecule has 1 aromatic rings. The number of benzene rings is 1. The number of nitrogens with zero attached hydrogens (tertiary/aromatic N) is 1. The number of rotatable bonds is 1. The molecule has 6 heteroatoms. The smallest absolute Gasteiger partial charge is 0.298 e. The fraction of sp³-hybridized carbons (Fsp3) is 0.143. The average molecular weight is 205 g/mol. The van der Waals surface area contributed by atoms with Crippen molar-refractivity contribution in [3.8, 4) is 0 Å². The molecule has 0 spiro atoms. The topological polar surface area (TPSA) is 77.8 Å². The van der Waals surface area contributed by atoms with E-state index in [9.17, 15) is 8.42 Å². The predicted octanol–water partition coefficient (Wildman–Crippen LogP) is 0.797. The molecule has 13 heavy (non-hydrogen) atoms. The summed E-state index contributed by atoms with van der Waals surface area (Å²) in [5, 5.41) is 7.88. The third-order valence-electron chi connectivity index (χ3n) is 1.00. The van der Waals surface area contributed by atoms with Gasteiger partial charge in [0.1, 0.15) is 0 Å². The maximum absolute atomic E-state index is 9.56. The Labute approximate surface area is 77.1 Å². The van der Waals surface area contributed by atoms with Crippen molar-refractivity contribution in [3.05, 3.63) is 36.4 Å². The van der Waals surface area contributed by atoms with E-state index in [4.69, 9.17) is 9.76 Å². The molecular formula is C7H11NO4S. The van der Waals surface area contributed by atoms with Crippen LogP contribution < -0.4 is 0 Å². The van der Waals surface area contributed by atoms with Gasteiger partial charge in [-0.2, -0.15) is 8.42 Å². The van der Waals surface area contributed by atoms with Gasteiger partial charge in [0.15, 0.2) is 0 Å². The van der Waals surface area contributed by atoms with Crippen molar-refractivity contribution in [1.82, 2.24) is 4.47 Å². The van der Waals surface area contributed by atoms with E-state index in [1.165, 1.54) is 0 Å². The fourth-order valence-corrected chi connectivity index (χ4v) is 0.385. The zero-order chi connectivity index (χ0) is 10.3. The second-order valence-corrected chi connectivity index (χ2v) is 3.49. The second kappa shape index (κ2) is 5.65. The highest BCUT2D eigenvalue weighted by Crippen LogP contribution is 1.81. The summed E-state index contributed by atoms with van der Waals surface area (Å²) in [5.41, 5.74) is 0. The minimum Gasteiger partial charge on any atom is -0.298 e. The number of hydrogen-bond donors (Lipinski definition) is 2. The average Bonchev–Trinajstić information content (AvgIpc) is 2.07. The molecule has 5 nitrogen and oxygen atoms in total. The Bertz CT molecular complexity index is 282. The first kappa shape index (κ1) is 12.0. The van der Waals surface area contributed by atoms with Crippen molar-refractivity contribution < 1.29 is 18.2 Å². The Balaban J connectivity index is 0.000000223. The molecular weight excluding hydrogens is 194 g/mol. The first-order valence-corrected chi connectivity index (χ1v) is 4.74. The van der Waals surface area contributed by atoms with Crippen LogP contribution in [0.3, 0.4) is 0 Å². The normalized spacial score (nSPS) is 10.5. The lowest BCUT2D eigenvalue weighted by atomic mass is 10.4. The fourth-order valence-electron chi connectivity index (χ4n) is 0.385. The zero-order valence-electron chi connectivity index (χ0n) is 7.03. The molecule has 0 atom stereocenters. The molecule has 0 amide bonds. The molecule has 0 saturated heterocycles. The van der Waals surface area contributed by atoms with Gasteiger partial charge < -0.3 is 0 Å². The molecule has 1 rings (SSSR count). The standard InChI is InChI=1S/C6H6.CH5NO4S/c1-2-4-6-5-3-1;1-2(3)7(4,5)6/h1-6H;3H,1H3,(H,4,5,6). The van der Waals surface area contributed by atoms with Crippen LogP contribution >= 0.6 is 0 Å². The van der Waals surface area contributed by atoms with Crippen LogP contribution in [0.1, 0.15) is 0 Å². The van der Waals surface area contributed by atoms with E-state index in [0.717, 1.165) is 7.05 Å². The van der Waals surface area contributed by atoms with Gasteiger partial charge >= 0.3 is 10.3 Å². The Hall–Kier alpha value is -0.950. The summed E-state index contributed by atoms with van der Waals surface area (Å²) in [6, 6.07) is 12.0. The molecule has 0 aliphatic carbocycles. The summed E-state index contributed by atoms with van der Waals surface area (Å²) in [5.74, 6) is 0. The van der Waals surface area contributed by atoms with Gasteiger partial charge in [0.25, 0.3) is 0 Å². The van der Waals surface area contributed by atoms with E-state index < -0.39 is 10.3 Å². The third-order valence-corrected chi connectivity index (χ3v) is 1.67. The number of hydroxylamine groups is 1. The molecule has 0 radical (unpaired) electrons. The zero-order valence-corrected chi connectivity index (χ0v) is 7.85. The first-order chi connectivity index (χ1) is 5.94. The largest absolute Gasteiger partial charge is 0.357 e. The van der Waals surface area contributed by atoms with Crippen LogP contribution in [0.2, 0.25) is 0 Å². The van der Waals surface area contributed by atoms with Crippen LogP contribution in [0.15, 0.2) is 36.4 Å². The highest BCUT2D eigenvalue weighted by atomic mass is 32.2. The summed E-state index contributed by atoms with van der Waals surface area (Å²) in [4.78, 5) is 0. The molecule has 0 bridgehead atoms. The van der Waals surface area contributed by atoms with Gasteiger partial charge in [0.05, 0.1) is 0 Å². The van der Waals surface area contributed by atoms with Crippen LogP contribution in [0.25, 0.3) is 0 Å². The third kappa shape index (κ3) is 7.41. The molecule has 74 valence electrons. The lowest BCUT2D eigenvalue weighted by molar-refractivity contribution is 0.0203. The highest BCUT2D eigenvalue weighted by Gasteiger charge is 2.06. The monoisotopic (exact) mass is 205 g/mol. The van der Waals surface area contributed by atoms with Gasteiger partial charge in [-0.05, 0) is 0 Å². The summed E-state index contributed by atoms with van der Waals surface area (Å²) < 4.78 is 26.6. The Morgan fingerprint density at radius 3 is 1.23 bits per heavy atom. The summed E-state index contributed by atoms with van der Waals surface area (Å²) in [6.07, 6.45) is 0. The molecule has 1 aromatic carbocycles. The van der Waals surface area contributed by atoms with Crippen LogP contribution in [-0.4, -0.2) is 29.7 Å². The van der Waals surface area contributed by atoms with Crippen molar-refractivity contribution in [2.24, 2.45) is 0 Å². The van der Waals surface area contributed by atoms with E-state index >= 15 is 0 Å². The molecule has 0 saturated carbocycles. The Morgan fingerprint density at radius 2 is 1.15 bits per heavy atom. The summed E-state index contributed by atoms with van der Waals surface area (Å²) >= 11 is 0. The van der Waals surface area contributed by atoms with E-state index in [0.29, 0.717) is 0 Å². The lowest BCUT2D eigenvalue weighted by Crippen LogP contribution is -2.21. The molecule has 0 aliphatic rings. The molecule has 0 aliphatic heterocycles. The van der Waals surface area contributed by atoms with Crippen molar-refractivity contribution >= 4 is 10.3 Å². The van der Waals surface area contributed by atoms with E-state index in [2.05, 4.69) is 0 Å². The maximum atomic E-state index is 9.56. The van der Waals surface area contributed by atoms with Crippen molar-refractivity contribution in [2.75, 3.05) is 7.05 Å². The molecule has 0 fully saturated rings. The van der Waals surface area contributed by atoms with Crippen molar-refractivity contribution in [1.29, 1.82) is 0 Å². The number of hydrogen-bond acceptors (Lipinski definition) is 3. The summed E-state index contributed by atoms with van der Waals surface area (Å²) in [7, 11) is -3.55. The van der Waals surface area contributed by atoms with Crippen LogP contribution in [0, 0.1) is 0 Å². The Morgan fingerprint density at radius 1 is 1.00 bits per heavy atom. The van der Waals surface area contributed by atoms with E-state index in [1.54, 1.807) is 0 Å². The SMILES string of the molecule is CN(O)S(=O)(=O)O.c1ccccc1. The van der Waals surface area contributed by atoms with Gasteiger partial charge in [-0.15, -0.1) is 0 Å². The molecule has 2 N–H and O–H groups in total. The van der Waals surface area contributed by atoms with Crippen LogP contribution in [0.4, 0.5) is 0 Å². The van der Waals surface area contributed by atoms with Crippen LogP contribution in [0.5, 0.6) is 0 Å². The van der Waals surface area contributed by atoms with E-state index in [1.807, 2.05) is 36.4 Å². The predicted molar refractivity (Wildman–Crippen MR) is 47.5 cm³/mol. The van der Waals surface area contributed by atoms with Gasteiger partial charge in [-0.25, -0.2) is 0 Å². The van der Waals surface area contributed by atoms with Crippen molar-refractivity contribution in [3.63, 3.8) is 0 Å². The second-order valence-electron chi connectivity index (χ2n) is 2.07. The van der Waals surface area contributed by atoms with E-state index in [-0.39, 0.29) is 4.47 Å². The lowest BCUT2D eigenvalue weighted by Gasteiger charge is -1.98. The van der Waals surface area contributed by atoms with Gasteiger partial charge in [-0.3, -0.25) is 9.76 Å². The minimum atomic E-state index is -4.35. The molecule has 0 aromatic heterocycles. The van der Waals surface area contributed by atoms with Gasteiger partial charge in [0.2, 0.25) is 0 Å².